The first-order valence-corrected chi connectivity index (χ1v) is 27.4. The minimum Gasteiger partial charge on any atom is -0.379 e. The van der Waals surface area contributed by atoms with Gasteiger partial charge in [0.1, 0.15) is 0 Å². The van der Waals surface area contributed by atoms with E-state index in [1.807, 2.05) is 23.5 Å². The molecule has 22 nitrogen and oxygen atoms in total. The Balaban J connectivity index is 0.954. The predicted molar refractivity (Wildman–Crippen MR) is 278 cm³/mol. The lowest BCUT2D eigenvalue weighted by Gasteiger charge is -2.16. The number of thioether (sulfide) groups is 2. The predicted octanol–water partition coefficient (Wildman–Crippen LogP) is 4.09. The number of amides is 5. The minimum absolute atomic E-state index is 0.0326. The second-order valence-electron chi connectivity index (χ2n) is 18.1. The quantitative estimate of drug-likeness (QED) is 0.0194. The number of benzene rings is 1. The molecule has 0 aromatic heterocycles. The molecule has 5 rings (SSSR count). The molecule has 11 N–H and O–H groups in total. The molecule has 0 aliphatic carbocycles. The molecule has 6 atom stereocenters. The topological polar surface area (TPSA) is 318 Å². The SMILES string of the molecule is [N-]=[N+]=NCCOCCOCCOCCNC(=O)c1cc(NC(=O)CCCCCNC(=O)CCCCC2SCC3NC(=N)NC32)cc(NC(=O)CCCCCNC(=O)CCCCC2SCC3NC(=N)NC32)c1. The average molecular weight is 1030 g/mol. The third-order valence-corrected chi connectivity index (χ3v) is 15.5. The van der Waals surface area contributed by atoms with E-state index in [9.17, 15) is 24.0 Å². The number of hydrogen-bond donors (Lipinski definition) is 11. The summed E-state index contributed by atoms with van der Waals surface area (Å²) in [6, 6.07) is 6.00. The summed E-state index contributed by atoms with van der Waals surface area (Å²) in [4.78, 5) is 66.9. The number of hydrogen-bond acceptors (Lipinski definition) is 13. The smallest absolute Gasteiger partial charge is 0.251 e. The van der Waals surface area contributed by atoms with Crippen molar-refractivity contribution in [3.05, 3.63) is 34.2 Å². The maximum atomic E-state index is 13.3. The molecule has 4 heterocycles. The number of rotatable bonds is 37. The largest absolute Gasteiger partial charge is 0.379 e. The molecular weight excluding hydrogens is 953 g/mol. The van der Waals surface area contributed by atoms with Gasteiger partial charge >= 0.3 is 0 Å². The van der Waals surface area contributed by atoms with Gasteiger partial charge in [-0.05, 0) is 75.1 Å². The zero-order valence-corrected chi connectivity index (χ0v) is 42.6. The van der Waals surface area contributed by atoms with Crippen LogP contribution in [-0.4, -0.2) is 153 Å². The fourth-order valence-electron chi connectivity index (χ4n) is 8.80. The molecular formula is C47H76N14O8S2. The first-order chi connectivity index (χ1) is 34.6. The Morgan fingerprint density at radius 1 is 0.577 bits per heavy atom. The summed E-state index contributed by atoms with van der Waals surface area (Å²) >= 11 is 3.86. The van der Waals surface area contributed by atoms with Crippen LogP contribution < -0.4 is 47.9 Å². The lowest BCUT2D eigenvalue weighted by molar-refractivity contribution is -0.122. The number of carbonyl (C=O) groups excluding carboxylic acids is 5. The average Bonchev–Trinajstić information content (AvgIpc) is 4.12. The van der Waals surface area contributed by atoms with Crippen molar-refractivity contribution in [2.24, 2.45) is 5.11 Å². The van der Waals surface area contributed by atoms with Crippen LogP contribution >= 0.6 is 23.5 Å². The van der Waals surface area contributed by atoms with Gasteiger partial charge in [0.15, 0.2) is 11.9 Å². The zero-order valence-electron chi connectivity index (χ0n) is 40.9. The van der Waals surface area contributed by atoms with Gasteiger partial charge in [0.05, 0.1) is 63.8 Å². The summed E-state index contributed by atoms with van der Waals surface area (Å²) in [6.45, 7) is 3.50. The fourth-order valence-corrected chi connectivity index (χ4v) is 11.9. The molecule has 0 radical (unpaired) electrons. The third-order valence-electron chi connectivity index (χ3n) is 12.5. The molecule has 0 bridgehead atoms. The fraction of sp³-hybridized carbons (Fsp3) is 0.723. The van der Waals surface area contributed by atoms with E-state index in [0.717, 1.165) is 75.7 Å². The van der Waals surface area contributed by atoms with Gasteiger partial charge in [-0.15, -0.1) is 0 Å². The first-order valence-electron chi connectivity index (χ1n) is 25.3. The molecule has 394 valence electrons. The van der Waals surface area contributed by atoms with Crippen LogP contribution in [0.2, 0.25) is 0 Å². The van der Waals surface area contributed by atoms with Crippen LogP contribution in [0.5, 0.6) is 0 Å². The Morgan fingerprint density at radius 3 is 1.55 bits per heavy atom. The number of ether oxygens (including phenoxy) is 3. The Bertz CT molecular complexity index is 1840. The van der Waals surface area contributed by atoms with E-state index in [0.29, 0.717) is 130 Å². The van der Waals surface area contributed by atoms with Crippen molar-refractivity contribution in [1.29, 1.82) is 10.8 Å². The van der Waals surface area contributed by atoms with Gasteiger partial charge in [0.25, 0.3) is 5.91 Å². The summed E-state index contributed by atoms with van der Waals surface area (Å²) in [5.41, 5.74) is 9.27. The van der Waals surface area contributed by atoms with Gasteiger partial charge in [-0.3, -0.25) is 34.8 Å². The van der Waals surface area contributed by atoms with E-state index in [-0.39, 0.29) is 61.7 Å². The number of carbonyl (C=O) groups is 5. The van der Waals surface area contributed by atoms with Crippen LogP contribution in [0.15, 0.2) is 23.3 Å². The number of nitrogens with one attached hydrogen (secondary N) is 11. The van der Waals surface area contributed by atoms with Crippen molar-refractivity contribution in [2.75, 3.05) is 88.0 Å². The molecule has 0 saturated carbocycles. The van der Waals surface area contributed by atoms with Crippen LogP contribution in [0.1, 0.15) is 113 Å². The molecule has 6 unspecified atom stereocenters. The highest BCUT2D eigenvalue weighted by atomic mass is 32.2. The standard InChI is InChI=1S/C47H76N14O8S2/c48-46-57-35-30-70-37(43(35)59-46)11-5-7-13-39(62)51-17-9-1-3-15-41(64)55-33-27-32(45(66)53-19-21-67-23-25-69-26-24-68-22-20-54-61-50)28-34(29-33)56-42(65)16-4-2-10-18-52-40(63)14-8-6-12-38-44-36(31-71-38)58-47(49)60-44/h27-29,35-38,43-44H,1-26,30-31H2,(H,51,62)(H,52,63)(H,53,66)(H,55,64)(H,56,65)(H3,48,57,59)(H3,49,58,60). The maximum absolute atomic E-state index is 13.3. The number of nitrogens with zero attached hydrogens (tertiary/aromatic N) is 3. The minimum atomic E-state index is -0.405. The Kier molecular flexibility index (Phi) is 26.3. The van der Waals surface area contributed by atoms with Gasteiger partial charge in [0.2, 0.25) is 23.6 Å². The summed E-state index contributed by atoms with van der Waals surface area (Å²) in [5.74, 6) is 2.01. The van der Waals surface area contributed by atoms with E-state index in [2.05, 4.69) is 57.9 Å². The molecule has 4 aliphatic heterocycles. The second kappa shape index (κ2) is 32.9. The van der Waals surface area contributed by atoms with Crippen molar-refractivity contribution < 1.29 is 38.2 Å². The van der Waals surface area contributed by atoms with Crippen molar-refractivity contribution in [3.8, 4) is 0 Å². The van der Waals surface area contributed by atoms with E-state index >= 15 is 0 Å². The van der Waals surface area contributed by atoms with Crippen molar-refractivity contribution >= 4 is 76.4 Å². The van der Waals surface area contributed by atoms with Crippen LogP contribution in [0.4, 0.5) is 11.4 Å². The summed E-state index contributed by atoms with van der Waals surface area (Å²) < 4.78 is 16.3. The van der Waals surface area contributed by atoms with Crippen LogP contribution in [0.3, 0.4) is 0 Å². The number of fused-ring (bicyclic) bond motifs is 2. The third kappa shape index (κ3) is 22.1. The summed E-state index contributed by atoms with van der Waals surface area (Å²) in [6.07, 6.45) is 11.2. The molecule has 4 fully saturated rings. The van der Waals surface area contributed by atoms with Crippen LogP contribution in [-0.2, 0) is 33.4 Å². The van der Waals surface area contributed by atoms with Crippen molar-refractivity contribution in [2.45, 2.75) is 137 Å². The second-order valence-corrected chi connectivity index (χ2v) is 20.6. The summed E-state index contributed by atoms with van der Waals surface area (Å²) in [7, 11) is 0. The first kappa shape index (κ1) is 56.9. The molecule has 1 aromatic rings. The zero-order chi connectivity index (χ0) is 50.5. The number of azide groups is 1. The molecule has 5 amide bonds. The van der Waals surface area contributed by atoms with E-state index in [4.69, 9.17) is 30.6 Å². The number of guanidine groups is 2. The Labute approximate surface area is 425 Å². The molecule has 24 heteroatoms. The highest BCUT2D eigenvalue weighted by molar-refractivity contribution is 8.00. The number of unbranched alkanes of at least 4 members (excludes halogenated alkanes) is 6. The Morgan fingerprint density at radius 2 is 1.04 bits per heavy atom. The molecule has 0 spiro atoms. The van der Waals surface area contributed by atoms with Crippen LogP contribution in [0.25, 0.3) is 10.4 Å². The van der Waals surface area contributed by atoms with E-state index in [1.54, 1.807) is 18.2 Å². The van der Waals surface area contributed by atoms with E-state index < -0.39 is 5.91 Å². The maximum Gasteiger partial charge on any atom is 0.251 e. The lowest BCUT2D eigenvalue weighted by Crippen LogP contribution is -2.36. The normalized spacial score (nSPS) is 20.6. The molecule has 4 saturated heterocycles. The van der Waals surface area contributed by atoms with Crippen molar-refractivity contribution in [3.63, 3.8) is 0 Å². The summed E-state index contributed by atoms with van der Waals surface area (Å²) in [5, 5.41) is 47.3. The lowest BCUT2D eigenvalue weighted by atomic mass is 10.0. The van der Waals surface area contributed by atoms with Gasteiger partial charge in [-0.1, -0.05) is 30.8 Å². The molecule has 1 aromatic carbocycles. The van der Waals surface area contributed by atoms with Crippen molar-refractivity contribution in [1.82, 2.24) is 37.2 Å². The molecule has 71 heavy (non-hydrogen) atoms. The number of anilines is 2. The monoisotopic (exact) mass is 1030 g/mol. The molecule has 4 aliphatic rings. The van der Waals surface area contributed by atoms with Gasteiger partial charge in [0, 0.05) is 95.7 Å². The van der Waals surface area contributed by atoms with Gasteiger partial charge < -0.3 is 62.1 Å². The van der Waals surface area contributed by atoms with E-state index in [1.165, 1.54) is 0 Å². The van der Waals surface area contributed by atoms with Crippen LogP contribution in [0, 0.1) is 10.8 Å². The van der Waals surface area contributed by atoms with Gasteiger partial charge in [-0.25, -0.2) is 0 Å². The van der Waals surface area contributed by atoms with Gasteiger partial charge in [-0.2, -0.15) is 23.5 Å². The Hall–Kier alpha value is -5.00. The highest BCUT2D eigenvalue weighted by Crippen LogP contribution is 2.34. The highest BCUT2D eigenvalue weighted by Gasteiger charge is 2.42.